The molecule has 12 heteroatoms. The maximum absolute atomic E-state index is 13.4. The van der Waals surface area contributed by atoms with Gasteiger partial charge in [-0.3, -0.25) is 19.2 Å². The lowest BCUT2D eigenvalue weighted by molar-refractivity contribution is -0.120. The van der Waals surface area contributed by atoms with Gasteiger partial charge in [0.05, 0.1) is 30.2 Å². The van der Waals surface area contributed by atoms with Gasteiger partial charge in [0.1, 0.15) is 23.2 Å². The summed E-state index contributed by atoms with van der Waals surface area (Å²) in [5.41, 5.74) is 6.94. The maximum Gasteiger partial charge on any atom is 0.254 e. The van der Waals surface area contributed by atoms with Gasteiger partial charge in [-0.05, 0) is 98.5 Å². The van der Waals surface area contributed by atoms with E-state index in [-0.39, 0.29) is 23.6 Å². The largest absolute Gasteiger partial charge is 0.464 e. The highest BCUT2D eigenvalue weighted by Gasteiger charge is 2.36. The van der Waals surface area contributed by atoms with Crippen LogP contribution in [0, 0.1) is 0 Å². The van der Waals surface area contributed by atoms with Crippen molar-refractivity contribution < 1.29 is 28.0 Å². The van der Waals surface area contributed by atoms with Crippen molar-refractivity contribution in [3.8, 4) is 22.5 Å². The van der Waals surface area contributed by atoms with Crippen LogP contribution in [0.5, 0.6) is 0 Å². The second-order valence-electron chi connectivity index (χ2n) is 13.9. The van der Waals surface area contributed by atoms with Gasteiger partial charge in [0.25, 0.3) is 11.8 Å². The monoisotopic (exact) mass is 732 g/mol. The molecule has 2 fully saturated rings. The molecule has 2 aliphatic rings. The number of nitrogens with one attached hydrogen (secondary N) is 3. The van der Waals surface area contributed by atoms with Crippen molar-refractivity contribution in [1.82, 2.24) is 19.8 Å². The van der Waals surface area contributed by atoms with Crippen molar-refractivity contribution in [2.24, 2.45) is 0 Å². The number of furan rings is 2. The molecule has 2 saturated heterocycles. The Kier molecular flexibility index (Phi) is 8.69. The quantitative estimate of drug-likeness (QED) is 0.145. The molecule has 7 aromatic rings. The Balaban J connectivity index is 0.834. The van der Waals surface area contributed by atoms with Crippen molar-refractivity contribution in [1.29, 1.82) is 0 Å². The summed E-state index contributed by atoms with van der Waals surface area (Å²) < 4.78 is 10.8. The first kappa shape index (κ1) is 33.9. The van der Waals surface area contributed by atoms with Gasteiger partial charge in [-0.2, -0.15) is 0 Å². The van der Waals surface area contributed by atoms with Crippen LogP contribution in [0.3, 0.4) is 0 Å². The van der Waals surface area contributed by atoms with Crippen LogP contribution in [0.2, 0.25) is 0 Å². The summed E-state index contributed by atoms with van der Waals surface area (Å²) in [7, 11) is 0. The Morgan fingerprint density at radius 1 is 0.618 bits per heavy atom. The van der Waals surface area contributed by atoms with E-state index in [0.717, 1.165) is 46.1 Å². The zero-order chi connectivity index (χ0) is 37.5. The molecule has 0 spiro atoms. The molecule has 4 aromatic carbocycles. The number of imidazole rings is 1. The minimum atomic E-state index is -0.568. The molecule has 55 heavy (non-hydrogen) atoms. The van der Waals surface area contributed by atoms with E-state index in [1.54, 1.807) is 65.1 Å². The molecule has 12 nitrogen and oxygen atoms in total. The van der Waals surface area contributed by atoms with Gasteiger partial charge in [-0.25, -0.2) is 4.98 Å². The summed E-state index contributed by atoms with van der Waals surface area (Å²) in [6.07, 6.45) is 7.48. The third-order valence-corrected chi connectivity index (χ3v) is 10.5. The predicted octanol–water partition coefficient (Wildman–Crippen LogP) is 7.72. The summed E-state index contributed by atoms with van der Waals surface area (Å²) in [4.78, 5) is 64.7. The molecule has 4 amide bonds. The van der Waals surface area contributed by atoms with E-state index in [0.29, 0.717) is 59.6 Å². The fourth-order valence-corrected chi connectivity index (χ4v) is 7.71. The predicted molar refractivity (Wildman–Crippen MR) is 207 cm³/mol. The summed E-state index contributed by atoms with van der Waals surface area (Å²) in [6.45, 7) is 1.03. The number of likely N-dealkylation sites (tertiary alicyclic amines) is 2. The third-order valence-electron chi connectivity index (χ3n) is 10.5. The average Bonchev–Trinajstić information content (AvgIpc) is 4.07. The summed E-state index contributed by atoms with van der Waals surface area (Å²) in [5, 5.41) is 7.67. The normalized spacial score (nSPS) is 16.9. The number of carbonyl (C=O) groups is 4. The lowest BCUT2D eigenvalue weighted by Crippen LogP contribution is -2.43. The number of benzene rings is 4. The molecule has 2 atom stereocenters. The molecule has 0 unspecified atom stereocenters. The van der Waals surface area contributed by atoms with Crippen molar-refractivity contribution >= 4 is 56.9 Å². The molecule has 0 saturated carbocycles. The zero-order valence-corrected chi connectivity index (χ0v) is 29.7. The first-order chi connectivity index (χ1) is 26.9. The van der Waals surface area contributed by atoms with Crippen molar-refractivity contribution in [3.63, 3.8) is 0 Å². The fourth-order valence-electron chi connectivity index (χ4n) is 7.71. The number of carbonyl (C=O) groups excluding carboxylic acids is 4. The Bertz CT molecular complexity index is 2390. The molecule has 9 rings (SSSR count). The maximum atomic E-state index is 13.4. The molecule has 2 aliphatic heterocycles. The van der Waals surface area contributed by atoms with Crippen LogP contribution < -0.4 is 10.6 Å². The lowest BCUT2D eigenvalue weighted by Gasteiger charge is -2.24. The van der Waals surface area contributed by atoms with Gasteiger partial charge < -0.3 is 34.3 Å². The van der Waals surface area contributed by atoms with Crippen LogP contribution in [0.25, 0.3) is 44.5 Å². The van der Waals surface area contributed by atoms with E-state index >= 15 is 0 Å². The van der Waals surface area contributed by atoms with Crippen LogP contribution >= 0.6 is 0 Å². The van der Waals surface area contributed by atoms with Crippen molar-refractivity contribution in [2.45, 2.75) is 37.8 Å². The standard InChI is InChI=1S/C43H36N6O6/c50-40(34-3-1-19-48(34)42(52)30-9-15-36-28(23-30)17-21-54-36)46-32-11-5-26(6-12-32)38-39(45-25-44-38)27-7-13-33(14-8-27)47-41(51)35-4-2-20-49(35)43(53)31-10-16-37-29(24-31)18-22-55-37/h5-18,21-25,34-35H,1-4,19-20H2,(H,44,45)(H,46,50)(H,47,51)/t34-,35-/m0/s1. The molecule has 3 N–H and O–H groups in total. The summed E-state index contributed by atoms with van der Waals surface area (Å²) in [5.74, 6) is -0.802. The number of nitrogens with zero attached hydrogens (tertiary/aromatic N) is 3. The van der Waals surface area contributed by atoms with Crippen molar-refractivity contribution in [3.05, 3.63) is 127 Å². The van der Waals surface area contributed by atoms with Crippen LogP contribution in [-0.2, 0) is 9.59 Å². The highest BCUT2D eigenvalue weighted by atomic mass is 16.3. The smallest absolute Gasteiger partial charge is 0.254 e. The van der Waals surface area contributed by atoms with E-state index < -0.39 is 12.1 Å². The Morgan fingerprint density at radius 3 is 1.62 bits per heavy atom. The molecule has 3 aromatic heterocycles. The highest BCUT2D eigenvalue weighted by Crippen LogP contribution is 2.32. The SMILES string of the molecule is O=C(Nc1ccc(-c2nc[nH]c2-c2ccc(NC(=O)[C@@H]3CCCN3C(=O)c3ccc4occc4c3)cc2)cc1)[C@@H]1CCCN1C(=O)c1ccc2occc2c1. The van der Waals surface area contributed by atoms with Crippen molar-refractivity contribution in [2.75, 3.05) is 23.7 Å². The molecule has 0 aliphatic carbocycles. The number of fused-ring (bicyclic) bond motifs is 2. The number of H-pyrrole nitrogens is 1. The van der Waals surface area contributed by atoms with Gasteiger partial charge >= 0.3 is 0 Å². The van der Waals surface area contributed by atoms with Gasteiger partial charge in [0.2, 0.25) is 11.8 Å². The summed E-state index contributed by atoms with van der Waals surface area (Å²) >= 11 is 0. The van der Waals surface area contributed by atoms with E-state index in [1.165, 1.54) is 0 Å². The van der Waals surface area contributed by atoms with E-state index in [4.69, 9.17) is 8.83 Å². The second-order valence-corrected chi connectivity index (χ2v) is 13.9. The van der Waals surface area contributed by atoms with Gasteiger partial charge in [-0.15, -0.1) is 0 Å². The number of aromatic amines is 1. The Labute approximate surface area is 315 Å². The molecule has 0 radical (unpaired) electrons. The minimum absolute atomic E-state index is 0.175. The zero-order valence-electron chi connectivity index (χ0n) is 29.7. The van der Waals surface area contributed by atoms with Crippen LogP contribution in [-0.4, -0.2) is 68.6 Å². The van der Waals surface area contributed by atoms with Gasteiger partial charge in [0.15, 0.2) is 0 Å². The van der Waals surface area contributed by atoms with E-state index in [1.807, 2.05) is 60.7 Å². The molecule has 274 valence electrons. The van der Waals surface area contributed by atoms with Gasteiger partial charge in [-0.1, -0.05) is 24.3 Å². The number of amides is 4. The highest BCUT2D eigenvalue weighted by molar-refractivity contribution is 6.04. The molecule has 5 heterocycles. The Hall–Kier alpha value is -6.95. The molecular formula is C43H36N6O6. The number of hydrogen-bond acceptors (Lipinski definition) is 7. The van der Waals surface area contributed by atoms with Crippen LogP contribution in [0.15, 0.2) is 125 Å². The van der Waals surface area contributed by atoms with Crippen LogP contribution in [0.1, 0.15) is 46.4 Å². The number of rotatable bonds is 8. The van der Waals surface area contributed by atoms with E-state index in [2.05, 4.69) is 20.6 Å². The summed E-state index contributed by atoms with van der Waals surface area (Å²) in [6, 6.07) is 28.0. The number of aromatic nitrogens is 2. The number of anilines is 2. The molecule has 0 bridgehead atoms. The first-order valence-corrected chi connectivity index (χ1v) is 18.3. The second kappa shape index (κ2) is 14.1. The Morgan fingerprint density at radius 2 is 1.11 bits per heavy atom. The molecular weight excluding hydrogens is 697 g/mol. The number of hydrogen-bond donors (Lipinski definition) is 3. The van der Waals surface area contributed by atoms with Gasteiger partial charge in [0, 0.05) is 57.5 Å². The fraction of sp³-hybridized carbons (Fsp3) is 0.186. The first-order valence-electron chi connectivity index (χ1n) is 18.3. The lowest BCUT2D eigenvalue weighted by atomic mass is 10.0. The topological polar surface area (TPSA) is 154 Å². The minimum Gasteiger partial charge on any atom is -0.464 e. The third kappa shape index (κ3) is 6.52. The van der Waals surface area contributed by atoms with E-state index in [9.17, 15) is 19.2 Å². The average molecular weight is 733 g/mol. The van der Waals surface area contributed by atoms with Crippen LogP contribution in [0.4, 0.5) is 11.4 Å².